The summed E-state index contributed by atoms with van der Waals surface area (Å²) in [6.07, 6.45) is 0.189. The van der Waals surface area contributed by atoms with Gasteiger partial charge in [0, 0.05) is 0 Å². The van der Waals surface area contributed by atoms with Gasteiger partial charge >= 0.3 is 6.09 Å². The molecule has 1 N–H and O–H groups in total. The highest BCUT2D eigenvalue weighted by atomic mass is 32.2. The average molecular weight is 329 g/mol. The highest BCUT2D eigenvalue weighted by Gasteiger charge is 2.55. The molecule has 22 heavy (non-hydrogen) atoms. The van der Waals surface area contributed by atoms with Crippen molar-refractivity contribution in [2.75, 3.05) is 0 Å². The predicted octanol–water partition coefficient (Wildman–Crippen LogP) is 2.76. The number of amides is 1. The summed E-state index contributed by atoms with van der Waals surface area (Å²) in [7, 11) is -3.85. The third kappa shape index (κ3) is 3.97. The van der Waals surface area contributed by atoms with Crippen LogP contribution in [0.3, 0.4) is 0 Å². The molecule has 0 bridgehead atoms. The lowest BCUT2D eigenvalue weighted by molar-refractivity contribution is 0.0569. The zero-order valence-electron chi connectivity index (χ0n) is 12.8. The molecule has 0 unspecified atom stereocenters. The van der Waals surface area contributed by atoms with Gasteiger partial charge in [-0.25, -0.2) is 22.3 Å². The fourth-order valence-corrected chi connectivity index (χ4v) is 3.64. The van der Waals surface area contributed by atoms with Crippen LogP contribution in [0.4, 0.5) is 9.18 Å². The van der Waals surface area contributed by atoms with E-state index in [4.69, 9.17) is 4.74 Å². The molecule has 0 atom stereocenters. The number of ether oxygens (including phenoxy) is 1. The SMILES string of the molecule is CC(C)(C)OC(=O)NS(=O)(=O)C1(Cc2ccc(F)cc2)CC1. The molecule has 1 fully saturated rings. The molecule has 0 saturated heterocycles. The molecule has 5 nitrogen and oxygen atoms in total. The smallest absolute Gasteiger partial charge is 0.421 e. The van der Waals surface area contributed by atoms with E-state index in [1.165, 1.54) is 12.1 Å². The van der Waals surface area contributed by atoms with Crippen LogP contribution in [0.15, 0.2) is 24.3 Å². The van der Waals surface area contributed by atoms with Gasteiger partial charge in [-0.15, -0.1) is 0 Å². The van der Waals surface area contributed by atoms with E-state index in [1.54, 1.807) is 32.9 Å². The molecular weight excluding hydrogens is 309 g/mol. The van der Waals surface area contributed by atoms with Gasteiger partial charge in [0.25, 0.3) is 0 Å². The van der Waals surface area contributed by atoms with Crippen LogP contribution in [0.5, 0.6) is 0 Å². The van der Waals surface area contributed by atoms with E-state index in [0.717, 1.165) is 0 Å². The van der Waals surface area contributed by atoms with Crippen LogP contribution in [0.1, 0.15) is 39.2 Å². The second-order valence-electron chi connectivity index (χ2n) is 6.59. The Morgan fingerprint density at radius 3 is 2.27 bits per heavy atom. The predicted molar refractivity (Wildman–Crippen MR) is 80.4 cm³/mol. The molecule has 2 rings (SSSR count). The van der Waals surface area contributed by atoms with Crippen LogP contribution < -0.4 is 4.72 Å². The topological polar surface area (TPSA) is 72.5 Å². The first-order valence-corrected chi connectivity index (χ1v) is 8.51. The Bertz CT molecular complexity index is 658. The molecule has 0 heterocycles. The quantitative estimate of drug-likeness (QED) is 0.922. The normalized spacial score (nSPS) is 16.9. The molecule has 1 aliphatic carbocycles. The monoisotopic (exact) mass is 329 g/mol. The lowest BCUT2D eigenvalue weighted by atomic mass is 10.1. The van der Waals surface area contributed by atoms with Crippen LogP contribution in [0.25, 0.3) is 0 Å². The third-order valence-electron chi connectivity index (χ3n) is 3.43. The number of halogens is 1. The Balaban J connectivity index is 2.08. The van der Waals surface area contributed by atoms with Gasteiger partial charge in [-0.3, -0.25) is 0 Å². The van der Waals surface area contributed by atoms with Gasteiger partial charge in [-0.1, -0.05) is 12.1 Å². The third-order valence-corrected chi connectivity index (χ3v) is 5.56. The average Bonchev–Trinajstić information content (AvgIpc) is 3.10. The van der Waals surface area contributed by atoms with E-state index in [1.807, 2.05) is 4.72 Å². The summed E-state index contributed by atoms with van der Waals surface area (Å²) < 4.78 is 43.7. The summed E-state index contributed by atoms with van der Waals surface area (Å²) in [5.41, 5.74) is -0.0544. The molecule has 0 aromatic heterocycles. The Morgan fingerprint density at radius 2 is 1.82 bits per heavy atom. The highest BCUT2D eigenvalue weighted by molar-refractivity contribution is 7.91. The molecule has 1 saturated carbocycles. The fraction of sp³-hybridized carbons (Fsp3) is 0.533. The first-order valence-electron chi connectivity index (χ1n) is 7.03. The van der Waals surface area contributed by atoms with Crippen molar-refractivity contribution < 1.29 is 22.3 Å². The van der Waals surface area contributed by atoms with Crippen molar-refractivity contribution in [3.05, 3.63) is 35.6 Å². The van der Waals surface area contributed by atoms with E-state index >= 15 is 0 Å². The van der Waals surface area contributed by atoms with Gasteiger partial charge in [0.2, 0.25) is 10.0 Å². The zero-order chi connectivity index (χ0) is 16.6. The Kier molecular flexibility index (Phi) is 4.21. The van der Waals surface area contributed by atoms with Crippen molar-refractivity contribution in [1.29, 1.82) is 0 Å². The van der Waals surface area contributed by atoms with Gasteiger partial charge in [-0.2, -0.15) is 0 Å². The molecule has 0 spiro atoms. The van der Waals surface area contributed by atoms with Crippen molar-refractivity contribution >= 4 is 16.1 Å². The summed E-state index contributed by atoms with van der Waals surface area (Å²) in [5, 5.41) is 0. The number of rotatable bonds is 4. The number of carbonyl (C=O) groups excluding carboxylic acids is 1. The van der Waals surface area contributed by atoms with Crippen LogP contribution in [0, 0.1) is 5.82 Å². The van der Waals surface area contributed by atoms with Crippen molar-refractivity contribution in [2.45, 2.75) is 50.4 Å². The Hall–Kier alpha value is -1.63. The lowest BCUT2D eigenvalue weighted by Crippen LogP contribution is -2.43. The number of hydrogen-bond acceptors (Lipinski definition) is 4. The molecule has 0 aliphatic heterocycles. The summed E-state index contributed by atoms with van der Waals surface area (Å²) in [6.45, 7) is 4.97. The van der Waals surface area contributed by atoms with E-state index in [0.29, 0.717) is 18.4 Å². The number of nitrogens with one attached hydrogen (secondary N) is 1. The highest BCUT2D eigenvalue weighted by Crippen LogP contribution is 2.45. The molecule has 1 aliphatic rings. The van der Waals surface area contributed by atoms with Crippen LogP contribution in [-0.2, 0) is 21.2 Å². The number of sulfonamides is 1. The molecule has 7 heteroatoms. The number of hydrogen-bond donors (Lipinski definition) is 1. The van der Waals surface area contributed by atoms with E-state index in [9.17, 15) is 17.6 Å². The molecule has 122 valence electrons. The van der Waals surface area contributed by atoms with Gasteiger partial charge in [0.15, 0.2) is 0 Å². The minimum atomic E-state index is -3.85. The molecule has 0 radical (unpaired) electrons. The standard InChI is InChI=1S/C15H20FNO4S/c1-14(2,3)21-13(18)17-22(19,20)15(8-9-15)10-11-4-6-12(16)7-5-11/h4-7H,8-10H2,1-3H3,(H,17,18). The second kappa shape index (κ2) is 5.53. The molecule has 1 aromatic carbocycles. The summed E-state index contributed by atoms with van der Waals surface area (Å²) in [4.78, 5) is 11.7. The number of benzene rings is 1. The zero-order valence-corrected chi connectivity index (χ0v) is 13.7. The fourth-order valence-electron chi connectivity index (χ4n) is 2.17. The Morgan fingerprint density at radius 1 is 1.27 bits per heavy atom. The van der Waals surface area contributed by atoms with E-state index in [-0.39, 0.29) is 12.2 Å². The Labute approximate surface area is 129 Å². The maximum absolute atomic E-state index is 12.9. The lowest BCUT2D eigenvalue weighted by Gasteiger charge is -2.22. The minimum absolute atomic E-state index is 0.241. The van der Waals surface area contributed by atoms with Crippen molar-refractivity contribution in [1.82, 2.24) is 4.72 Å². The summed E-state index contributed by atoms with van der Waals surface area (Å²) >= 11 is 0. The maximum Gasteiger partial charge on any atom is 0.421 e. The summed E-state index contributed by atoms with van der Waals surface area (Å²) in [5.74, 6) is -0.372. The first-order chi connectivity index (χ1) is 10.0. The van der Waals surface area contributed by atoms with Gasteiger partial charge in [0.1, 0.15) is 11.4 Å². The van der Waals surface area contributed by atoms with Crippen LogP contribution >= 0.6 is 0 Å². The molecule has 1 aromatic rings. The molecule has 1 amide bonds. The van der Waals surface area contributed by atoms with Crippen molar-refractivity contribution in [3.63, 3.8) is 0 Å². The largest absolute Gasteiger partial charge is 0.443 e. The van der Waals surface area contributed by atoms with E-state index in [2.05, 4.69) is 0 Å². The van der Waals surface area contributed by atoms with Gasteiger partial charge in [0.05, 0.1) is 4.75 Å². The van der Waals surface area contributed by atoms with Gasteiger partial charge < -0.3 is 4.74 Å². The maximum atomic E-state index is 12.9. The van der Waals surface area contributed by atoms with Crippen molar-refractivity contribution in [3.8, 4) is 0 Å². The van der Waals surface area contributed by atoms with Crippen LogP contribution in [-0.4, -0.2) is 24.9 Å². The van der Waals surface area contributed by atoms with Crippen molar-refractivity contribution in [2.24, 2.45) is 0 Å². The molecular formula is C15H20FNO4S. The first kappa shape index (κ1) is 16.7. The minimum Gasteiger partial charge on any atom is -0.443 e. The van der Waals surface area contributed by atoms with Gasteiger partial charge in [-0.05, 0) is 57.7 Å². The van der Waals surface area contributed by atoms with Crippen LogP contribution in [0.2, 0.25) is 0 Å². The number of carbonyl (C=O) groups is 1. The second-order valence-corrected chi connectivity index (χ2v) is 8.67. The van der Waals surface area contributed by atoms with E-state index < -0.39 is 26.5 Å². The summed E-state index contributed by atoms with van der Waals surface area (Å²) in [6, 6.07) is 5.69.